The molecule has 0 aromatic heterocycles. The molecule has 6 heteroatoms. The molecule has 0 unspecified atom stereocenters. The van der Waals surface area contributed by atoms with Gasteiger partial charge in [0, 0.05) is 5.02 Å². The first-order valence-corrected chi connectivity index (χ1v) is 5.28. The zero-order valence-corrected chi connectivity index (χ0v) is 9.86. The van der Waals surface area contributed by atoms with Gasteiger partial charge < -0.3 is 9.47 Å². The number of imide groups is 1. The smallest absolute Gasteiger partial charge is 0.259 e. The van der Waals surface area contributed by atoms with Gasteiger partial charge in [0.2, 0.25) is 0 Å². The van der Waals surface area contributed by atoms with Gasteiger partial charge in [-0.05, 0) is 18.2 Å². The molecule has 1 aliphatic heterocycles. The van der Waals surface area contributed by atoms with Gasteiger partial charge in [0.15, 0.2) is 0 Å². The van der Waals surface area contributed by atoms with Crippen molar-refractivity contribution in [3.63, 3.8) is 0 Å². The summed E-state index contributed by atoms with van der Waals surface area (Å²) >= 11 is 5.85. The summed E-state index contributed by atoms with van der Waals surface area (Å²) in [6.45, 7) is -0.247. The van der Waals surface area contributed by atoms with E-state index in [1.807, 2.05) is 0 Å². The van der Waals surface area contributed by atoms with Gasteiger partial charge >= 0.3 is 0 Å². The van der Waals surface area contributed by atoms with Crippen molar-refractivity contribution < 1.29 is 19.1 Å². The molecule has 1 aromatic rings. The first-order valence-electron chi connectivity index (χ1n) is 4.90. The first kappa shape index (κ1) is 11.9. The maximum Gasteiger partial charge on any atom is 0.259 e. The molecule has 1 aliphatic rings. The van der Waals surface area contributed by atoms with Crippen LogP contribution in [0.1, 0.15) is 0 Å². The summed E-state index contributed by atoms with van der Waals surface area (Å²) in [5, 5.41) is 0.424. The summed E-state index contributed by atoms with van der Waals surface area (Å²) in [6, 6.07) is 4.74. The quantitative estimate of drug-likeness (QED) is 0.746. The van der Waals surface area contributed by atoms with Crippen molar-refractivity contribution in [3.05, 3.63) is 23.2 Å². The van der Waals surface area contributed by atoms with Crippen molar-refractivity contribution in [1.82, 2.24) is 0 Å². The van der Waals surface area contributed by atoms with Crippen molar-refractivity contribution in [2.75, 3.05) is 25.2 Å². The van der Waals surface area contributed by atoms with Gasteiger partial charge in [0.25, 0.3) is 11.8 Å². The van der Waals surface area contributed by atoms with Gasteiger partial charge in [-0.1, -0.05) is 11.6 Å². The number of ether oxygens (including phenoxy) is 2. The third-order valence-corrected chi connectivity index (χ3v) is 2.57. The zero-order chi connectivity index (χ0) is 12.4. The Morgan fingerprint density at radius 2 is 1.94 bits per heavy atom. The molecule has 1 saturated heterocycles. The Bertz CT molecular complexity index is 459. The Labute approximate surface area is 103 Å². The van der Waals surface area contributed by atoms with Gasteiger partial charge in [-0.25, -0.2) is 4.90 Å². The van der Waals surface area contributed by atoms with E-state index in [1.54, 1.807) is 12.1 Å². The lowest BCUT2D eigenvalue weighted by Crippen LogP contribution is -2.46. The number of morpholine rings is 1. The van der Waals surface area contributed by atoms with E-state index in [0.29, 0.717) is 16.5 Å². The van der Waals surface area contributed by atoms with E-state index in [1.165, 1.54) is 13.2 Å². The highest BCUT2D eigenvalue weighted by molar-refractivity contribution is 6.31. The van der Waals surface area contributed by atoms with Crippen LogP contribution in [0, 0.1) is 0 Å². The van der Waals surface area contributed by atoms with Crippen LogP contribution in [0.2, 0.25) is 5.02 Å². The molecule has 0 N–H and O–H groups in total. The zero-order valence-electron chi connectivity index (χ0n) is 9.10. The highest BCUT2D eigenvalue weighted by atomic mass is 35.5. The minimum Gasteiger partial charge on any atom is -0.495 e. The molecule has 0 spiro atoms. The Balaban J connectivity index is 2.47. The van der Waals surface area contributed by atoms with Crippen molar-refractivity contribution >= 4 is 29.1 Å². The number of rotatable bonds is 2. The summed E-state index contributed by atoms with van der Waals surface area (Å²) < 4.78 is 9.94. The molecule has 0 saturated carbocycles. The monoisotopic (exact) mass is 255 g/mol. The highest BCUT2D eigenvalue weighted by Crippen LogP contribution is 2.32. The second kappa shape index (κ2) is 4.73. The lowest BCUT2D eigenvalue weighted by Gasteiger charge is -2.26. The fraction of sp³-hybridized carbons (Fsp3) is 0.273. The SMILES string of the molecule is COc1ccc(Cl)cc1N1C(=O)COCC1=O. The Kier molecular flexibility index (Phi) is 3.31. The number of anilines is 1. The van der Waals surface area contributed by atoms with E-state index in [-0.39, 0.29) is 13.2 Å². The predicted octanol–water partition coefficient (Wildman–Crippen LogP) is 1.24. The van der Waals surface area contributed by atoms with Gasteiger partial charge in [0.05, 0.1) is 12.8 Å². The second-order valence-corrected chi connectivity index (χ2v) is 3.87. The molecular weight excluding hydrogens is 246 g/mol. The van der Waals surface area contributed by atoms with Crippen LogP contribution in [0.5, 0.6) is 5.75 Å². The maximum atomic E-state index is 11.7. The molecule has 0 radical (unpaired) electrons. The molecule has 2 amide bonds. The lowest BCUT2D eigenvalue weighted by molar-refractivity contribution is -0.138. The van der Waals surface area contributed by atoms with E-state index in [9.17, 15) is 9.59 Å². The van der Waals surface area contributed by atoms with Gasteiger partial charge in [-0.2, -0.15) is 0 Å². The van der Waals surface area contributed by atoms with Crippen LogP contribution in [0.15, 0.2) is 18.2 Å². The van der Waals surface area contributed by atoms with Crippen molar-refractivity contribution in [2.24, 2.45) is 0 Å². The normalized spacial score (nSPS) is 16.2. The van der Waals surface area contributed by atoms with E-state index < -0.39 is 11.8 Å². The van der Waals surface area contributed by atoms with E-state index >= 15 is 0 Å². The molecular formula is C11H10ClNO4. The number of methoxy groups -OCH3 is 1. The number of amides is 2. The maximum absolute atomic E-state index is 11.7. The summed E-state index contributed by atoms with van der Waals surface area (Å²) in [5.74, 6) is -0.443. The Hall–Kier alpha value is -1.59. The number of hydrogen-bond donors (Lipinski definition) is 0. The molecule has 1 aromatic carbocycles. The van der Waals surface area contributed by atoms with Crippen LogP contribution in [-0.2, 0) is 14.3 Å². The predicted molar refractivity (Wildman–Crippen MR) is 61.3 cm³/mol. The average molecular weight is 256 g/mol. The van der Waals surface area contributed by atoms with Gasteiger partial charge in [-0.15, -0.1) is 0 Å². The van der Waals surface area contributed by atoms with E-state index in [0.717, 1.165) is 4.90 Å². The number of benzene rings is 1. The lowest BCUT2D eigenvalue weighted by atomic mass is 10.2. The molecule has 2 rings (SSSR count). The molecule has 17 heavy (non-hydrogen) atoms. The van der Waals surface area contributed by atoms with Gasteiger partial charge in [0.1, 0.15) is 19.0 Å². The molecule has 5 nitrogen and oxygen atoms in total. The third-order valence-electron chi connectivity index (χ3n) is 2.33. The fourth-order valence-electron chi connectivity index (χ4n) is 1.60. The molecule has 90 valence electrons. The highest BCUT2D eigenvalue weighted by Gasteiger charge is 2.30. The molecule has 1 heterocycles. The molecule has 0 bridgehead atoms. The minimum absolute atomic E-state index is 0.124. The van der Waals surface area contributed by atoms with Crippen LogP contribution < -0.4 is 9.64 Å². The number of halogens is 1. The number of carbonyl (C=O) groups is 2. The van der Waals surface area contributed by atoms with Crippen LogP contribution in [0.3, 0.4) is 0 Å². The van der Waals surface area contributed by atoms with Gasteiger partial charge in [-0.3, -0.25) is 9.59 Å². The van der Waals surface area contributed by atoms with Crippen molar-refractivity contribution in [1.29, 1.82) is 0 Å². The third kappa shape index (κ3) is 2.25. The van der Waals surface area contributed by atoms with Crippen LogP contribution in [-0.4, -0.2) is 32.1 Å². The standard InChI is InChI=1S/C11H10ClNO4/c1-16-9-3-2-7(12)4-8(9)13-10(14)5-17-6-11(13)15/h2-4H,5-6H2,1H3. The van der Waals surface area contributed by atoms with Crippen molar-refractivity contribution in [2.45, 2.75) is 0 Å². The summed E-state index contributed by atoms with van der Waals surface area (Å²) in [7, 11) is 1.46. The number of hydrogen-bond acceptors (Lipinski definition) is 4. The first-order chi connectivity index (χ1) is 8.13. The van der Waals surface area contributed by atoms with E-state index in [4.69, 9.17) is 21.1 Å². The van der Waals surface area contributed by atoms with Crippen molar-refractivity contribution in [3.8, 4) is 5.75 Å². The Morgan fingerprint density at radius 1 is 1.29 bits per heavy atom. The molecule has 1 fully saturated rings. The molecule has 0 atom stereocenters. The Morgan fingerprint density at radius 3 is 2.53 bits per heavy atom. The fourth-order valence-corrected chi connectivity index (χ4v) is 1.77. The average Bonchev–Trinajstić information content (AvgIpc) is 2.29. The van der Waals surface area contributed by atoms with Crippen LogP contribution >= 0.6 is 11.6 Å². The number of nitrogens with zero attached hydrogens (tertiary/aromatic N) is 1. The largest absolute Gasteiger partial charge is 0.495 e. The second-order valence-electron chi connectivity index (χ2n) is 3.43. The minimum atomic E-state index is -0.429. The van der Waals surface area contributed by atoms with Crippen LogP contribution in [0.25, 0.3) is 0 Å². The van der Waals surface area contributed by atoms with Crippen LogP contribution in [0.4, 0.5) is 5.69 Å². The summed E-state index contributed by atoms with van der Waals surface area (Å²) in [4.78, 5) is 24.4. The van der Waals surface area contributed by atoms with E-state index in [2.05, 4.69) is 0 Å². The molecule has 0 aliphatic carbocycles. The summed E-state index contributed by atoms with van der Waals surface area (Å²) in [5.41, 5.74) is 0.346. The number of carbonyl (C=O) groups excluding carboxylic acids is 2. The topological polar surface area (TPSA) is 55.8 Å². The summed E-state index contributed by atoms with van der Waals surface area (Å²) in [6.07, 6.45) is 0.